The fourth-order valence-electron chi connectivity index (χ4n) is 11.6. The Balaban J connectivity index is 1.25. The van der Waals surface area contributed by atoms with E-state index < -0.39 is 41.1 Å². The number of aliphatic hydroxyl groups excluding tert-OH is 2. The molecule has 3 aliphatic rings. The number of aromatic hydroxyl groups is 4. The minimum atomic E-state index is -1.19. The molecule has 1 spiro atoms. The van der Waals surface area contributed by atoms with E-state index in [0.717, 1.165) is 57.2 Å². The predicted octanol–water partition coefficient (Wildman–Crippen LogP) is 7.77. The molecule has 9 N–H and O–H groups in total. The summed E-state index contributed by atoms with van der Waals surface area (Å²) in [5.74, 6) is -2.10. The normalized spacial score (nSPS) is 23.6. The summed E-state index contributed by atoms with van der Waals surface area (Å²) in [7, 11) is 3.28. The lowest BCUT2D eigenvalue weighted by Gasteiger charge is -2.45. The summed E-state index contributed by atoms with van der Waals surface area (Å²) >= 11 is 0. The van der Waals surface area contributed by atoms with Crippen molar-refractivity contribution in [1.29, 1.82) is 0 Å². The Kier molecular flexibility index (Phi) is 12.4. The molecule has 1 aliphatic carbocycles. The van der Waals surface area contributed by atoms with Crippen LogP contribution in [0.2, 0.25) is 0 Å². The van der Waals surface area contributed by atoms with Gasteiger partial charge >= 0.3 is 0 Å². The molecule has 1 fully saturated rings. The minimum Gasteiger partial charge on any atom is -0.508 e. The van der Waals surface area contributed by atoms with Crippen LogP contribution in [0.25, 0.3) is 10.8 Å². The molecule has 4 heterocycles. The summed E-state index contributed by atoms with van der Waals surface area (Å²) < 4.78 is 11.4. The first-order valence-corrected chi connectivity index (χ1v) is 22.7. The maximum atomic E-state index is 16.1. The number of aliphatic hydroxyl groups is 2. The molecule has 7 atom stereocenters. The van der Waals surface area contributed by atoms with E-state index in [9.17, 15) is 30.6 Å². The highest BCUT2D eigenvalue weighted by Gasteiger charge is 2.58. The van der Waals surface area contributed by atoms with Gasteiger partial charge in [-0.15, -0.1) is 0 Å². The summed E-state index contributed by atoms with van der Waals surface area (Å²) in [6.45, 7) is 0.986. The fraction of sp³-hybridized carbons (Fsp3) is 0.385. The van der Waals surface area contributed by atoms with E-state index in [1.165, 1.54) is 13.2 Å². The van der Waals surface area contributed by atoms with Gasteiger partial charge in [-0.1, -0.05) is 18.2 Å². The standard InChI is InChI=1S/C52H58N4O9/c1-53-28-33-21-31(32-24-45(62)50(63)46(25-32)64-2)23-44(61)49(42(59)13-8-29-9-14-43(60)51-38(29)6-4-20-65-51)52(17-15-41(58)39(52)27-35-5-3-18-54-35)34-16-19-55-47(26-34)56-40-12-7-30-22-36(57)10-11-37(30)48(33)40/h3,5,7,9-12,14,16,18-19,22,24-26,31,33,39,41-42,49,53-54,57-60,62-63H,4,6,8,13,15,17,20-21,23,27-28H2,1-2H3,(H,55,56). The van der Waals surface area contributed by atoms with Crippen LogP contribution in [0.1, 0.15) is 83.9 Å². The maximum Gasteiger partial charge on any atom is 0.200 e. The third kappa shape index (κ3) is 8.32. The molecular weight excluding hydrogens is 825 g/mol. The summed E-state index contributed by atoms with van der Waals surface area (Å²) in [6.07, 6.45) is 5.25. The van der Waals surface area contributed by atoms with Crippen LogP contribution in [-0.2, 0) is 29.5 Å². The molecule has 13 heteroatoms. The largest absolute Gasteiger partial charge is 0.508 e. The van der Waals surface area contributed by atoms with E-state index >= 15 is 4.79 Å². The molecule has 6 aromatic rings. The van der Waals surface area contributed by atoms with Gasteiger partial charge in [-0.2, -0.15) is 0 Å². The van der Waals surface area contributed by atoms with Gasteiger partial charge in [0.25, 0.3) is 0 Å². The number of benzene rings is 4. The van der Waals surface area contributed by atoms with E-state index in [1.54, 1.807) is 30.5 Å². The van der Waals surface area contributed by atoms with Gasteiger partial charge in [0.05, 0.1) is 31.8 Å². The number of carbonyl (C=O) groups excluding carboxylic acids is 1. The third-order valence-corrected chi connectivity index (χ3v) is 14.5. The number of methoxy groups -OCH3 is 1. The molecular formula is C52H58N4O9. The van der Waals surface area contributed by atoms with Crippen molar-refractivity contribution in [3.8, 4) is 34.5 Å². The topological polar surface area (TPSA) is 210 Å². The SMILES string of the molecule is CNCC1CC(c2cc(O)c(O)c(OC)c2)CC(=O)C(C(O)CCc2ccc(O)c3c2CCCO3)C2(CCC(O)C2Cc2ccc[nH]2)c2ccnc(c2)Nc2ccc3cc(O)ccc3c21. The van der Waals surface area contributed by atoms with Crippen molar-refractivity contribution in [2.24, 2.45) is 11.8 Å². The van der Waals surface area contributed by atoms with Gasteiger partial charge in [0, 0.05) is 53.6 Å². The number of phenols is 4. The molecule has 13 nitrogen and oxygen atoms in total. The smallest absolute Gasteiger partial charge is 0.200 e. The molecule has 2 bridgehead atoms. The number of H-pyrrole nitrogens is 1. The van der Waals surface area contributed by atoms with Crippen molar-refractivity contribution in [2.45, 2.75) is 87.2 Å². The number of hydrogen-bond acceptors (Lipinski definition) is 12. The molecule has 0 radical (unpaired) electrons. The first-order valence-electron chi connectivity index (χ1n) is 22.7. The van der Waals surface area contributed by atoms with Crippen molar-refractivity contribution < 1.29 is 44.9 Å². The number of pyridine rings is 1. The molecule has 1 saturated carbocycles. The Morgan fingerprint density at radius 3 is 2.68 bits per heavy atom. The first-order chi connectivity index (χ1) is 31.5. The highest BCUT2D eigenvalue weighted by molar-refractivity contribution is 5.93. The molecule has 9 rings (SSSR count). The van der Waals surface area contributed by atoms with E-state index in [2.05, 4.69) is 15.6 Å². The van der Waals surface area contributed by atoms with Crippen LogP contribution < -0.4 is 20.1 Å². The van der Waals surface area contributed by atoms with E-state index in [1.807, 2.05) is 61.8 Å². The second-order valence-corrected chi connectivity index (χ2v) is 18.2. The van der Waals surface area contributed by atoms with Crippen molar-refractivity contribution in [3.63, 3.8) is 0 Å². The lowest BCUT2D eigenvalue weighted by Crippen LogP contribution is -2.51. The molecule has 0 saturated heterocycles. The number of carbonyl (C=O) groups is 1. The Labute approximate surface area is 378 Å². The number of nitrogens with zero attached hydrogens (tertiary/aromatic N) is 1. The molecule has 2 aliphatic heterocycles. The number of nitrogens with one attached hydrogen (secondary N) is 3. The van der Waals surface area contributed by atoms with Gasteiger partial charge in [0.1, 0.15) is 17.4 Å². The lowest BCUT2D eigenvalue weighted by atomic mass is 9.58. The summed E-state index contributed by atoms with van der Waals surface area (Å²) in [4.78, 5) is 24.2. The average Bonchev–Trinajstić information content (AvgIpc) is 3.94. The molecule has 340 valence electrons. The van der Waals surface area contributed by atoms with Gasteiger partial charge in [-0.3, -0.25) is 4.79 Å². The Morgan fingerprint density at radius 2 is 1.88 bits per heavy atom. The first kappa shape index (κ1) is 43.9. The minimum absolute atomic E-state index is 0.0585. The number of ether oxygens (including phenoxy) is 2. The van der Waals surface area contributed by atoms with Crippen LogP contribution in [0.3, 0.4) is 0 Å². The number of aromatic nitrogens is 2. The predicted molar refractivity (Wildman–Crippen MR) is 248 cm³/mol. The highest BCUT2D eigenvalue weighted by atomic mass is 16.5. The zero-order valence-corrected chi connectivity index (χ0v) is 36.8. The van der Waals surface area contributed by atoms with Crippen molar-refractivity contribution >= 4 is 28.1 Å². The molecule has 4 aromatic carbocycles. The molecule has 0 amide bonds. The second-order valence-electron chi connectivity index (χ2n) is 18.2. The average molecular weight is 883 g/mol. The molecule has 65 heavy (non-hydrogen) atoms. The second kappa shape index (κ2) is 18.3. The van der Waals surface area contributed by atoms with Crippen LogP contribution in [0, 0.1) is 11.8 Å². The number of hydrogen-bond donors (Lipinski definition) is 9. The Hall–Kier alpha value is -6.28. The van der Waals surface area contributed by atoms with Crippen LogP contribution in [-0.4, -0.2) is 85.9 Å². The lowest BCUT2D eigenvalue weighted by molar-refractivity contribution is -0.132. The Bertz CT molecular complexity index is 2690. The highest BCUT2D eigenvalue weighted by Crippen LogP contribution is 2.56. The zero-order valence-electron chi connectivity index (χ0n) is 36.8. The summed E-state index contributed by atoms with van der Waals surface area (Å²) in [5.41, 5.74) is 4.72. The van der Waals surface area contributed by atoms with Gasteiger partial charge in [-0.25, -0.2) is 4.98 Å². The van der Waals surface area contributed by atoms with E-state index in [0.29, 0.717) is 62.4 Å². The van der Waals surface area contributed by atoms with Crippen molar-refractivity contribution in [2.75, 3.05) is 32.6 Å². The molecule has 2 aromatic heterocycles. The van der Waals surface area contributed by atoms with E-state index in [4.69, 9.17) is 14.5 Å². The van der Waals surface area contributed by atoms with Crippen LogP contribution >= 0.6 is 0 Å². The van der Waals surface area contributed by atoms with Crippen LogP contribution in [0.4, 0.5) is 11.5 Å². The quantitative estimate of drug-likeness (QED) is 0.0605. The van der Waals surface area contributed by atoms with E-state index in [-0.39, 0.29) is 47.5 Å². The van der Waals surface area contributed by atoms with Gasteiger partial charge < -0.3 is 55.7 Å². The fourth-order valence-corrected chi connectivity index (χ4v) is 11.6. The number of likely N-dealkylation sites (N-methyl/N-ethyl adjacent to an activating group) is 1. The van der Waals surface area contributed by atoms with Crippen molar-refractivity contribution in [1.82, 2.24) is 15.3 Å². The number of anilines is 2. The molecule has 7 unspecified atom stereocenters. The summed E-state index contributed by atoms with van der Waals surface area (Å²) in [5, 5.41) is 77.1. The number of phenolic OH excluding ortho intramolecular Hbond substituents is 4. The van der Waals surface area contributed by atoms with Crippen LogP contribution in [0.15, 0.2) is 91.3 Å². The number of aromatic amines is 1. The van der Waals surface area contributed by atoms with Gasteiger partial charge in [0.15, 0.2) is 23.0 Å². The monoisotopic (exact) mass is 882 g/mol. The summed E-state index contributed by atoms with van der Waals surface area (Å²) in [6, 6.07) is 23.6. The van der Waals surface area contributed by atoms with Crippen LogP contribution in [0.5, 0.6) is 34.5 Å². The van der Waals surface area contributed by atoms with Gasteiger partial charge in [0.2, 0.25) is 5.75 Å². The number of Topliss-reactive ketones (excluding diaryl/α,β-unsaturated/α-hetero) is 1. The third-order valence-electron chi connectivity index (χ3n) is 14.5. The van der Waals surface area contributed by atoms with Crippen molar-refractivity contribution in [3.05, 3.63) is 125 Å². The number of ketones is 1. The maximum absolute atomic E-state index is 16.1. The van der Waals surface area contributed by atoms with Gasteiger partial charge in [-0.05, 0) is 164 Å². The zero-order chi connectivity index (χ0) is 45.4. The Morgan fingerprint density at radius 1 is 1.02 bits per heavy atom. The number of aryl methyl sites for hydroxylation is 1. The number of fused-ring (bicyclic) bond motifs is 7. The number of rotatable bonds is 10.